The Morgan fingerprint density at radius 3 is 2.40 bits per heavy atom. The Hall–Kier alpha value is -3.34. The molecule has 0 aliphatic heterocycles. The molecular weight excluding hydrogens is 316 g/mol. The van der Waals surface area contributed by atoms with Crippen LogP contribution in [0, 0.1) is 0 Å². The fourth-order valence-electron chi connectivity index (χ4n) is 2.47. The van der Waals surface area contributed by atoms with Crippen LogP contribution in [0.1, 0.15) is 17.3 Å². The number of carbonyl (C=O) groups excluding carboxylic acids is 2. The van der Waals surface area contributed by atoms with Crippen molar-refractivity contribution in [2.24, 2.45) is 0 Å². The SMILES string of the molecule is C[C@H](OC(=O)c1ccc(N)cc1)C(=O)Nc1cccc2ccccc12. The molecule has 0 bridgehead atoms. The topological polar surface area (TPSA) is 81.4 Å². The van der Waals surface area contributed by atoms with Crippen molar-refractivity contribution in [3.63, 3.8) is 0 Å². The highest BCUT2D eigenvalue weighted by atomic mass is 16.5. The zero-order valence-corrected chi connectivity index (χ0v) is 13.7. The van der Waals surface area contributed by atoms with Gasteiger partial charge in [0.25, 0.3) is 5.91 Å². The van der Waals surface area contributed by atoms with Crippen LogP contribution in [-0.4, -0.2) is 18.0 Å². The van der Waals surface area contributed by atoms with Gasteiger partial charge < -0.3 is 15.8 Å². The number of fused-ring (bicyclic) bond motifs is 1. The van der Waals surface area contributed by atoms with Crippen LogP contribution < -0.4 is 11.1 Å². The molecule has 0 saturated carbocycles. The van der Waals surface area contributed by atoms with E-state index < -0.39 is 12.1 Å². The molecule has 1 atom stereocenters. The number of nitrogen functional groups attached to an aromatic ring is 1. The second-order valence-electron chi connectivity index (χ2n) is 5.69. The minimum absolute atomic E-state index is 0.346. The maximum atomic E-state index is 12.4. The number of hydrogen-bond acceptors (Lipinski definition) is 4. The van der Waals surface area contributed by atoms with E-state index in [9.17, 15) is 9.59 Å². The summed E-state index contributed by atoms with van der Waals surface area (Å²) in [6, 6.07) is 19.7. The van der Waals surface area contributed by atoms with E-state index in [0.29, 0.717) is 16.9 Å². The number of hydrogen-bond donors (Lipinski definition) is 2. The number of benzene rings is 3. The first kappa shape index (κ1) is 16.5. The third-order valence-corrected chi connectivity index (χ3v) is 3.85. The Morgan fingerprint density at radius 2 is 1.64 bits per heavy atom. The fraction of sp³-hybridized carbons (Fsp3) is 0.100. The molecule has 3 rings (SSSR count). The van der Waals surface area contributed by atoms with Crippen LogP contribution >= 0.6 is 0 Å². The molecule has 5 nitrogen and oxygen atoms in total. The number of ether oxygens (including phenoxy) is 1. The van der Waals surface area contributed by atoms with Crippen LogP contribution in [0.2, 0.25) is 0 Å². The maximum absolute atomic E-state index is 12.4. The highest BCUT2D eigenvalue weighted by molar-refractivity contribution is 6.04. The van der Waals surface area contributed by atoms with E-state index in [1.165, 1.54) is 6.92 Å². The van der Waals surface area contributed by atoms with Gasteiger partial charge >= 0.3 is 5.97 Å². The molecule has 0 unspecified atom stereocenters. The average molecular weight is 334 g/mol. The van der Waals surface area contributed by atoms with E-state index in [2.05, 4.69) is 5.32 Å². The lowest BCUT2D eigenvalue weighted by molar-refractivity contribution is -0.123. The van der Waals surface area contributed by atoms with Crippen molar-refractivity contribution in [1.29, 1.82) is 0 Å². The molecule has 3 aromatic rings. The van der Waals surface area contributed by atoms with Crippen molar-refractivity contribution in [3.8, 4) is 0 Å². The first-order valence-corrected chi connectivity index (χ1v) is 7.90. The Morgan fingerprint density at radius 1 is 0.960 bits per heavy atom. The largest absolute Gasteiger partial charge is 0.449 e. The van der Waals surface area contributed by atoms with Crippen molar-refractivity contribution in [2.75, 3.05) is 11.1 Å². The number of esters is 1. The van der Waals surface area contributed by atoms with Gasteiger partial charge in [-0.25, -0.2) is 4.79 Å². The van der Waals surface area contributed by atoms with Gasteiger partial charge in [0, 0.05) is 16.8 Å². The summed E-state index contributed by atoms with van der Waals surface area (Å²) in [5.41, 5.74) is 7.17. The Balaban J connectivity index is 1.70. The molecule has 0 aromatic heterocycles. The molecule has 25 heavy (non-hydrogen) atoms. The molecule has 0 aliphatic rings. The number of nitrogens with two attached hydrogens (primary N) is 1. The lowest BCUT2D eigenvalue weighted by atomic mass is 10.1. The molecule has 0 fully saturated rings. The minimum atomic E-state index is -0.927. The molecule has 5 heteroatoms. The van der Waals surface area contributed by atoms with Gasteiger partial charge in [-0.2, -0.15) is 0 Å². The Labute approximate surface area is 145 Å². The van der Waals surface area contributed by atoms with E-state index in [-0.39, 0.29) is 5.91 Å². The van der Waals surface area contributed by atoms with Crippen LogP contribution in [0.4, 0.5) is 11.4 Å². The van der Waals surface area contributed by atoms with Gasteiger partial charge in [0.15, 0.2) is 6.10 Å². The first-order chi connectivity index (χ1) is 12.0. The van der Waals surface area contributed by atoms with Crippen molar-refractivity contribution in [3.05, 3.63) is 72.3 Å². The molecule has 0 spiro atoms. The number of nitrogens with one attached hydrogen (secondary N) is 1. The van der Waals surface area contributed by atoms with Gasteiger partial charge in [-0.05, 0) is 42.6 Å². The highest BCUT2D eigenvalue weighted by Crippen LogP contribution is 2.23. The zero-order chi connectivity index (χ0) is 17.8. The third kappa shape index (κ3) is 3.77. The number of rotatable bonds is 4. The normalized spacial score (nSPS) is 11.7. The zero-order valence-electron chi connectivity index (χ0n) is 13.7. The molecule has 0 aliphatic carbocycles. The molecule has 0 saturated heterocycles. The van der Waals surface area contributed by atoms with Crippen molar-refractivity contribution in [1.82, 2.24) is 0 Å². The Kier molecular flexibility index (Phi) is 4.66. The monoisotopic (exact) mass is 334 g/mol. The summed E-state index contributed by atoms with van der Waals surface area (Å²) in [6.07, 6.45) is -0.927. The number of anilines is 2. The lowest BCUT2D eigenvalue weighted by Crippen LogP contribution is -2.30. The van der Waals surface area contributed by atoms with Crippen LogP contribution in [0.3, 0.4) is 0 Å². The minimum Gasteiger partial charge on any atom is -0.449 e. The second kappa shape index (κ2) is 7.05. The summed E-state index contributed by atoms with van der Waals surface area (Å²) in [6.45, 7) is 1.54. The lowest BCUT2D eigenvalue weighted by Gasteiger charge is -2.15. The molecule has 1 amide bonds. The number of carbonyl (C=O) groups is 2. The van der Waals surface area contributed by atoms with Gasteiger partial charge in [-0.1, -0.05) is 36.4 Å². The van der Waals surface area contributed by atoms with Crippen LogP contribution in [0.5, 0.6) is 0 Å². The molecule has 126 valence electrons. The second-order valence-corrected chi connectivity index (χ2v) is 5.69. The molecule has 3 aromatic carbocycles. The van der Waals surface area contributed by atoms with Crippen LogP contribution in [0.25, 0.3) is 10.8 Å². The van der Waals surface area contributed by atoms with E-state index in [0.717, 1.165) is 10.8 Å². The highest BCUT2D eigenvalue weighted by Gasteiger charge is 2.19. The molecule has 0 heterocycles. The predicted octanol–water partition coefficient (Wildman–Crippen LogP) is 3.61. The van der Waals surface area contributed by atoms with Gasteiger partial charge in [0.1, 0.15) is 0 Å². The van der Waals surface area contributed by atoms with E-state index in [1.807, 2.05) is 42.5 Å². The van der Waals surface area contributed by atoms with E-state index in [1.54, 1.807) is 24.3 Å². The molecule has 0 radical (unpaired) electrons. The van der Waals surface area contributed by atoms with E-state index in [4.69, 9.17) is 10.5 Å². The smallest absolute Gasteiger partial charge is 0.338 e. The fourth-order valence-corrected chi connectivity index (χ4v) is 2.47. The van der Waals surface area contributed by atoms with Gasteiger partial charge in [0.05, 0.1) is 5.56 Å². The average Bonchev–Trinajstić information content (AvgIpc) is 2.62. The summed E-state index contributed by atoms with van der Waals surface area (Å²) in [7, 11) is 0. The number of amides is 1. The van der Waals surface area contributed by atoms with Gasteiger partial charge in [-0.3, -0.25) is 4.79 Å². The van der Waals surface area contributed by atoms with Gasteiger partial charge in [-0.15, -0.1) is 0 Å². The summed E-state index contributed by atoms with van der Waals surface area (Å²) >= 11 is 0. The summed E-state index contributed by atoms with van der Waals surface area (Å²) in [5.74, 6) is -0.958. The molecule has 3 N–H and O–H groups in total. The summed E-state index contributed by atoms with van der Waals surface area (Å²) in [4.78, 5) is 24.5. The van der Waals surface area contributed by atoms with Gasteiger partial charge in [0.2, 0.25) is 0 Å². The van der Waals surface area contributed by atoms with Crippen molar-refractivity contribution in [2.45, 2.75) is 13.0 Å². The van der Waals surface area contributed by atoms with Crippen molar-refractivity contribution >= 4 is 34.0 Å². The third-order valence-electron chi connectivity index (χ3n) is 3.85. The summed E-state index contributed by atoms with van der Waals surface area (Å²) in [5, 5.41) is 4.76. The summed E-state index contributed by atoms with van der Waals surface area (Å²) < 4.78 is 5.23. The van der Waals surface area contributed by atoms with Crippen molar-refractivity contribution < 1.29 is 14.3 Å². The van der Waals surface area contributed by atoms with Crippen LogP contribution in [0.15, 0.2) is 66.7 Å². The first-order valence-electron chi connectivity index (χ1n) is 7.90. The van der Waals surface area contributed by atoms with E-state index >= 15 is 0 Å². The standard InChI is InChI=1S/C20H18N2O3/c1-13(25-20(24)15-9-11-16(21)12-10-15)19(23)22-18-8-4-6-14-5-2-3-7-17(14)18/h2-13H,21H2,1H3,(H,22,23)/t13-/m0/s1. The predicted molar refractivity (Wildman–Crippen MR) is 98.3 cm³/mol. The quantitative estimate of drug-likeness (QED) is 0.564. The maximum Gasteiger partial charge on any atom is 0.338 e. The Bertz CT molecular complexity index is 914. The molecular formula is C20H18N2O3. The van der Waals surface area contributed by atoms with Crippen LogP contribution in [-0.2, 0) is 9.53 Å².